The largest absolute Gasteiger partial charge is 0.458 e. The number of nitrogens with zero attached hydrogens (tertiary/aromatic N) is 3. The van der Waals surface area contributed by atoms with E-state index in [1.165, 1.54) is 10.9 Å². The number of carbonyl (C=O) groups is 1. The Morgan fingerprint density at radius 1 is 1.02 bits per heavy atom. The molecule has 0 amide bonds. The summed E-state index contributed by atoms with van der Waals surface area (Å²) in [7, 11) is 0. The average molecular weight is 559 g/mol. The number of carbonyl (C=O) groups excluding carboxylic acids is 1. The van der Waals surface area contributed by atoms with E-state index in [1.807, 2.05) is 72.5 Å². The lowest BCUT2D eigenvalue weighted by Gasteiger charge is -2.57. The van der Waals surface area contributed by atoms with Crippen molar-refractivity contribution in [2.24, 2.45) is 11.3 Å². The molecule has 1 spiro atoms. The first-order valence-electron chi connectivity index (χ1n) is 15.0. The minimum atomic E-state index is -0.506. The summed E-state index contributed by atoms with van der Waals surface area (Å²) in [6.45, 7) is 2.58. The number of hydrogen-bond donors (Lipinski definition) is 1. The maximum atomic E-state index is 12.8. The number of nitrogens with one attached hydrogen (secondary N) is 1. The van der Waals surface area contributed by atoms with E-state index in [0.717, 1.165) is 59.8 Å². The predicted octanol–water partition coefficient (Wildman–Crippen LogP) is 6.11. The zero-order valence-electron chi connectivity index (χ0n) is 23.7. The Morgan fingerprint density at radius 2 is 1.79 bits per heavy atom. The van der Waals surface area contributed by atoms with Gasteiger partial charge >= 0.3 is 5.97 Å². The molecule has 4 heterocycles. The molecule has 2 aliphatic carbocycles. The third kappa shape index (κ3) is 4.48. The second kappa shape index (κ2) is 9.75. The Kier molecular flexibility index (Phi) is 5.95. The molecule has 3 aliphatic rings. The number of ether oxygens (including phenoxy) is 2. The molecule has 3 fully saturated rings. The van der Waals surface area contributed by atoms with Crippen molar-refractivity contribution in [3.8, 4) is 0 Å². The first-order chi connectivity index (χ1) is 20.5. The monoisotopic (exact) mass is 558 g/mol. The average Bonchev–Trinajstić information content (AvgIpc) is 3.61. The lowest BCUT2D eigenvalue weighted by Crippen LogP contribution is -2.58. The van der Waals surface area contributed by atoms with E-state index in [-0.39, 0.29) is 23.4 Å². The molecule has 2 atom stereocenters. The van der Waals surface area contributed by atoms with Crippen LogP contribution in [-0.4, -0.2) is 33.2 Å². The number of benzene rings is 2. The van der Waals surface area contributed by atoms with Gasteiger partial charge in [-0.25, -0.2) is 4.52 Å². The van der Waals surface area contributed by atoms with Crippen LogP contribution >= 0.6 is 0 Å². The fourth-order valence-electron chi connectivity index (χ4n) is 7.33. The Bertz CT molecular complexity index is 1780. The van der Waals surface area contributed by atoms with Crippen LogP contribution in [0.3, 0.4) is 0 Å². The smallest absolute Gasteiger partial charge is 0.309 e. The van der Waals surface area contributed by atoms with Crippen molar-refractivity contribution in [2.75, 3.05) is 6.61 Å². The lowest BCUT2D eigenvalue weighted by molar-refractivity contribution is -0.168. The number of fused-ring (bicyclic) bond motifs is 2. The highest BCUT2D eigenvalue weighted by atomic mass is 16.6. The minimum absolute atomic E-state index is 0.00846. The Labute approximate surface area is 244 Å². The van der Waals surface area contributed by atoms with Crippen molar-refractivity contribution in [2.45, 2.75) is 56.9 Å². The van der Waals surface area contributed by atoms with Crippen LogP contribution in [0.2, 0.25) is 0 Å². The summed E-state index contributed by atoms with van der Waals surface area (Å²) in [6.07, 6.45) is 10.4. The van der Waals surface area contributed by atoms with Gasteiger partial charge in [-0.15, -0.1) is 0 Å². The molecule has 1 N–H and O–H groups in total. The molecule has 2 aromatic carbocycles. The molecule has 1 unspecified atom stereocenters. The van der Waals surface area contributed by atoms with Gasteiger partial charge in [0.15, 0.2) is 5.72 Å². The van der Waals surface area contributed by atoms with Crippen LogP contribution in [0.25, 0.3) is 16.3 Å². The van der Waals surface area contributed by atoms with Crippen molar-refractivity contribution >= 4 is 22.3 Å². The summed E-state index contributed by atoms with van der Waals surface area (Å²) in [4.78, 5) is 17.5. The van der Waals surface area contributed by atoms with Crippen LogP contribution < -0.4 is 5.32 Å². The van der Waals surface area contributed by atoms with E-state index in [0.29, 0.717) is 12.6 Å². The van der Waals surface area contributed by atoms with Crippen molar-refractivity contribution in [3.63, 3.8) is 0 Å². The number of esters is 1. The quantitative estimate of drug-likeness (QED) is 0.183. The van der Waals surface area contributed by atoms with Crippen molar-refractivity contribution in [3.05, 3.63) is 114 Å². The van der Waals surface area contributed by atoms with E-state index in [2.05, 4.69) is 40.7 Å². The zero-order chi connectivity index (χ0) is 28.3. The number of pyridine rings is 2. The van der Waals surface area contributed by atoms with E-state index in [1.54, 1.807) is 0 Å². The molecule has 42 heavy (non-hydrogen) atoms. The van der Waals surface area contributed by atoms with E-state index >= 15 is 0 Å². The molecular weight excluding hydrogens is 524 g/mol. The second-order valence-corrected chi connectivity index (χ2v) is 12.5. The third-order valence-electron chi connectivity index (χ3n) is 9.60. The molecule has 0 bridgehead atoms. The molecule has 7 nitrogen and oxygen atoms in total. The second-order valence-electron chi connectivity index (χ2n) is 12.5. The predicted molar refractivity (Wildman–Crippen MR) is 160 cm³/mol. The van der Waals surface area contributed by atoms with Gasteiger partial charge in [-0.2, -0.15) is 5.10 Å². The van der Waals surface area contributed by atoms with E-state index in [4.69, 9.17) is 14.5 Å². The summed E-state index contributed by atoms with van der Waals surface area (Å²) >= 11 is 0. The van der Waals surface area contributed by atoms with Crippen LogP contribution in [0, 0.1) is 11.3 Å². The van der Waals surface area contributed by atoms with Crippen LogP contribution in [0.4, 0.5) is 0 Å². The van der Waals surface area contributed by atoms with E-state index in [9.17, 15) is 4.79 Å². The molecule has 212 valence electrons. The fraction of sp³-hybridized carbons (Fsp3) is 0.343. The molecule has 5 aromatic rings. The van der Waals surface area contributed by atoms with Crippen LogP contribution in [-0.2, 0) is 26.4 Å². The third-order valence-corrected chi connectivity index (χ3v) is 9.60. The number of epoxide rings is 1. The van der Waals surface area contributed by atoms with Crippen molar-refractivity contribution in [1.82, 2.24) is 19.9 Å². The Balaban J connectivity index is 0.926. The number of rotatable bonds is 8. The van der Waals surface area contributed by atoms with Crippen molar-refractivity contribution < 1.29 is 14.3 Å². The first-order valence-corrected chi connectivity index (χ1v) is 15.0. The molecule has 1 aliphatic heterocycles. The highest BCUT2D eigenvalue weighted by Gasteiger charge is 2.59. The van der Waals surface area contributed by atoms with Crippen LogP contribution in [0.15, 0.2) is 91.4 Å². The van der Waals surface area contributed by atoms with Gasteiger partial charge in [-0.05, 0) is 66.7 Å². The summed E-state index contributed by atoms with van der Waals surface area (Å²) in [5.41, 5.74) is 5.17. The van der Waals surface area contributed by atoms with Crippen LogP contribution in [0.5, 0.6) is 0 Å². The number of aromatic nitrogens is 3. The molecule has 3 aromatic heterocycles. The summed E-state index contributed by atoms with van der Waals surface area (Å²) in [5.74, 6) is -0.0516. The zero-order valence-corrected chi connectivity index (χ0v) is 23.7. The first kappa shape index (κ1) is 25.6. The SMILES string of the molecule is C[C@H](OC(=O)C1CC2(CC(NC3(c4cnn5cccc(Cc6cc7ccccc7cn6)c45)CO3)C2)C1)c1ccccc1. The Morgan fingerprint density at radius 3 is 2.57 bits per heavy atom. The summed E-state index contributed by atoms with van der Waals surface area (Å²) < 4.78 is 13.9. The highest BCUT2D eigenvalue weighted by Crippen LogP contribution is 2.60. The fourth-order valence-corrected chi connectivity index (χ4v) is 7.33. The van der Waals surface area contributed by atoms with Gasteiger partial charge in [0, 0.05) is 41.5 Å². The molecule has 2 saturated carbocycles. The molecule has 1 saturated heterocycles. The highest BCUT2D eigenvalue weighted by molar-refractivity contribution is 5.82. The standard InChI is InChI=1S/C35H34N4O3/c1-23(24-8-3-2-4-9-24)42-33(40)28-16-34(17-28)18-30(19-34)38-35(22-41-35)31-21-37-39-13-7-12-26(32(31)39)15-29-14-25-10-5-6-11-27(25)20-36-29/h2-14,20-21,23,28,30,38H,15-19,22H2,1H3/t23-,28?,30?,34?,35?/m0/s1. The topological polar surface area (TPSA) is 81.0 Å². The normalized spacial score (nSPS) is 27.0. The molecule has 7 heteroatoms. The van der Waals surface area contributed by atoms with Gasteiger partial charge in [0.25, 0.3) is 0 Å². The van der Waals surface area contributed by atoms with Gasteiger partial charge in [-0.3, -0.25) is 15.1 Å². The maximum Gasteiger partial charge on any atom is 0.309 e. The molecule has 8 rings (SSSR count). The molecular formula is C35H34N4O3. The van der Waals surface area contributed by atoms with Gasteiger partial charge in [0.2, 0.25) is 0 Å². The summed E-state index contributed by atoms with van der Waals surface area (Å²) in [5, 5.41) is 10.9. The van der Waals surface area contributed by atoms with Gasteiger partial charge in [-0.1, -0.05) is 60.7 Å². The molecule has 0 radical (unpaired) electrons. The van der Waals surface area contributed by atoms with Crippen LogP contribution in [0.1, 0.15) is 61.1 Å². The lowest BCUT2D eigenvalue weighted by atomic mass is 9.50. The van der Waals surface area contributed by atoms with Gasteiger partial charge in [0.1, 0.15) is 6.10 Å². The maximum absolute atomic E-state index is 12.8. The van der Waals surface area contributed by atoms with Gasteiger partial charge < -0.3 is 9.47 Å². The van der Waals surface area contributed by atoms with E-state index < -0.39 is 5.72 Å². The van der Waals surface area contributed by atoms with Crippen molar-refractivity contribution in [1.29, 1.82) is 0 Å². The minimum Gasteiger partial charge on any atom is -0.458 e. The number of hydrogen-bond acceptors (Lipinski definition) is 6. The summed E-state index contributed by atoms with van der Waals surface area (Å²) in [6, 6.07) is 25.0. The Hall–Kier alpha value is -4.07. The van der Waals surface area contributed by atoms with Gasteiger partial charge in [0.05, 0.1) is 24.2 Å².